The number of nitrogens with two attached hydrogens (primary N) is 1. The van der Waals surface area contributed by atoms with Crippen molar-refractivity contribution >= 4 is 5.69 Å². The molecule has 0 aliphatic rings. The van der Waals surface area contributed by atoms with E-state index < -0.39 is 29.1 Å². The maximum absolute atomic E-state index is 13.1. The first-order valence-corrected chi connectivity index (χ1v) is 4.39. The van der Waals surface area contributed by atoms with Gasteiger partial charge in [0, 0.05) is 5.56 Å². The summed E-state index contributed by atoms with van der Waals surface area (Å²) >= 11 is 0. The molecule has 6 nitrogen and oxygen atoms in total. The van der Waals surface area contributed by atoms with Gasteiger partial charge in [0.2, 0.25) is 5.75 Å². The minimum atomic E-state index is -0.927. The molecule has 0 fully saturated rings. The van der Waals surface area contributed by atoms with Gasteiger partial charge in [0.1, 0.15) is 5.82 Å². The number of nitrogens with zero attached hydrogens (tertiary/aromatic N) is 1. The van der Waals surface area contributed by atoms with E-state index >= 15 is 0 Å². The maximum Gasteiger partial charge on any atom is 0.314 e. The molecule has 0 unspecified atom stereocenters. The zero-order valence-corrected chi connectivity index (χ0v) is 8.51. The molecule has 0 spiro atoms. The third kappa shape index (κ3) is 2.26. The highest BCUT2D eigenvalue weighted by atomic mass is 19.1. The SMILES string of the molecule is COc1c([C@@H](N)CO)cc(F)cc1[N+](=O)[O-]. The van der Waals surface area contributed by atoms with Crippen LogP contribution in [0, 0.1) is 15.9 Å². The van der Waals surface area contributed by atoms with Gasteiger partial charge in [0.25, 0.3) is 0 Å². The average Bonchev–Trinajstić information content (AvgIpc) is 2.26. The van der Waals surface area contributed by atoms with E-state index in [0.29, 0.717) is 0 Å². The van der Waals surface area contributed by atoms with Gasteiger partial charge in [0.15, 0.2) is 0 Å². The molecule has 0 aromatic heterocycles. The zero-order valence-electron chi connectivity index (χ0n) is 8.51. The second-order valence-electron chi connectivity index (χ2n) is 3.09. The van der Waals surface area contributed by atoms with Crippen LogP contribution in [0.3, 0.4) is 0 Å². The van der Waals surface area contributed by atoms with Crippen LogP contribution in [-0.4, -0.2) is 23.7 Å². The molecular weight excluding hydrogens is 219 g/mol. The van der Waals surface area contributed by atoms with Crippen LogP contribution in [0.25, 0.3) is 0 Å². The monoisotopic (exact) mass is 230 g/mol. The van der Waals surface area contributed by atoms with Gasteiger partial charge >= 0.3 is 5.69 Å². The molecule has 0 heterocycles. The standard InChI is InChI=1S/C9H11FN2O4/c1-16-9-6(7(11)4-13)2-5(10)3-8(9)12(14)15/h2-3,7,13H,4,11H2,1H3/t7-/m0/s1. The summed E-state index contributed by atoms with van der Waals surface area (Å²) in [7, 11) is 1.22. The molecule has 1 aromatic rings. The lowest BCUT2D eigenvalue weighted by Crippen LogP contribution is -2.16. The van der Waals surface area contributed by atoms with E-state index in [1.54, 1.807) is 0 Å². The smallest absolute Gasteiger partial charge is 0.314 e. The number of aliphatic hydroxyl groups is 1. The van der Waals surface area contributed by atoms with Crippen LogP contribution >= 0.6 is 0 Å². The summed E-state index contributed by atoms with van der Waals surface area (Å²) in [6.07, 6.45) is 0. The Kier molecular flexibility index (Phi) is 3.75. The first-order chi connectivity index (χ1) is 7.51. The van der Waals surface area contributed by atoms with Crippen LogP contribution in [0.5, 0.6) is 5.75 Å². The Balaban J connectivity index is 3.41. The fraction of sp³-hybridized carbons (Fsp3) is 0.333. The lowest BCUT2D eigenvalue weighted by Gasteiger charge is -2.13. The lowest BCUT2D eigenvalue weighted by molar-refractivity contribution is -0.386. The van der Waals surface area contributed by atoms with Crippen LogP contribution in [0.2, 0.25) is 0 Å². The van der Waals surface area contributed by atoms with Gasteiger partial charge in [-0.15, -0.1) is 0 Å². The van der Waals surface area contributed by atoms with Crippen LogP contribution in [-0.2, 0) is 0 Å². The van der Waals surface area contributed by atoms with E-state index in [-0.39, 0.29) is 11.3 Å². The van der Waals surface area contributed by atoms with Crippen molar-refractivity contribution in [1.82, 2.24) is 0 Å². The first kappa shape index (κ1) is 12.3. The summed E-state index contributed by atoms with van der Waals surface area (Å²) in [5, 5.41) is 19.5. The van der Waals surface area contributed by atoms with Crippen molar-refractivity contribution in [3.63, 3.8) is 0 Å². The summed E-state index contributed by atoms with van der Waals surface area (Å²) < 4.78 is 17.9. The summed E-state index contributed by atoms with van der Waals surface area (Å²) in [5.41, 5.74) is 5.04. The van der Waals surface area contributed by atoms with Crippen molar-refractivity contribution < 1.29 is 19.2 Å². The quantitative estimate of drug-likeness (QED) is 0.587. The third-order valence-corrected chi connectivity index (χ3v) is 2.06. The normalized spacial score (nSPS) is 12.2. The van der Waals surface area contributed by atoms with E-state index in [1.165, 1.54) is 7.11 Å². The Morgan fingerprint density at radius 2 is 2.31 bits per heavy atom. The van der Waals surface area contributed by atoms with Gasteiger partial charge in [-0.25, -0.2) is 4.39 Å². The van der Waals surface area contributed by atoms with Crippen molar-refractivity contribution in [2.45, 2.75) is 6.04 Å². The molecule has 16 heavy (non-hydrogen) atoms. The number of benzene rings is 1. The first-order valence-electron chi connectivity index (χ1n) is 4.39. The summed E-state index contributed by atoms with van der Waals surface area (Å²) in [4.78, 5) is 9.88. The van der Waals surface area contributed by atoms with E-state index in [0.717, 1.165) is 12.1 Å². The van der Waals surface area contributed by atoms with E-state index in [9.17, 15) is 14.5 Å². The van der Waals surface area contributed by atoms with E-state index in [4.69, 9.17) is 15.6 Å². The van der Waals surface area contributed by atoms with Crippen LogP contribution in [0.1, 0.15) is 11.6 Å². The Labute approximate surface area is 90.6 Å². The number of rotatable bonds is 4. The molecule has 1 atom stereocenters. The number of ether oxygens (including phenoxy) is 1. The molecule has 1 aromatic carbocycles. The Morgan fingerprint density at radius 3 is 2.75 bits per heavy atom. The maximum atomic E-state index is 13.1. The fourth-order valence-corrected chi connectivity index (χ4v) is 1.33. The zero-order chi connectivity index (χ0) is 12.3. The molecule has 3 N–H and O–H groups in total. The molecule has 0 aliphatic carbocycles. The van der Waals surface area contributed by atoms with Crippen molar-refractivity contribution in [2.75, 3.05) is 13.7 Å². The molecule has 0 saturated carbocycles. The second kappa shape index (κ2) is 4.86. The summed E-state index contributed by atoms with van der Waals surface area (Å²) in [6, 6.07) is 0.823. The molecule has 0 amide bonds. The van der Waals surface area contributed by atoms with Crippen LogP contribution in [0.4, 0.5) is 10.1 Å². The Morgan fingerprint density at radius 1 is 1.69 bits per heavy atom. The van der Waals surface area contributed by atoms with Gasteiger partial charge < -0.3 is 15.6 Å². The van der Waals surface area contributed by atoms with Crippen LogP contribution in [0.15, 0.2) is 12.1 Å². The van der Waals surface area contributed by atoms with Crippen molar-refractivity contribution in [3.8, 4) is 5.75 Å². The number of halogens is 1. The predicted molar refractivity (Wildman–Crippen MR) is 53.6 cm³/mol. The van der Waals surface area contributed by atoms with Gasteiger partial charge in [0.05, 0.1) is 30.7 Å². The highest BCUT2D eigenvalue weighted by molar-refractivity contribution is 5.53. The molecular formula is C9H11FN2O4. The average molecular weight is 230 g/mol. The summed E-state index contributed by atoms with van der Waals surface area (Å²) in [5.74, 6) is -0.931. The third-order valence-electron chi connectivity index (χ3n) is 2.06. The number of aliphatic hydroxyl groups excluding tert-OH is 1. The van der Waals surface area contributed by atoms with E-state index in [1.807, 2.05) is 0 Å². The van der Waals surface area contributed by atoms with Gasteiger partial charge in [-0.1, -0.05) is 0 Å². The number of hydrogen-bond acceptors (Lipinski definition) is 5. The predicted octanol–water partition coefficient (Wildman–Crippen LogP) is 0.735. The van der Waals surface area contributed by atoms with Crippen molar-refractivity contribution in [2.24, 2.45) is 5.73 Å². The molecule has 7 heteroatoms. The molecule has 1 rings (SSSR count). The molecule has 0 saturated heterocycles. The van der Waals surface area contributed by atoms with Gasteiger partial charge in [-0.3, -0.25) is 10.1 Å². The number of nitro benzene ring substituents is 1. The molecule has 0 bridgehead atoms. The molecule has 0 radical (unpaired) electrons. The van der Waals surface area contributed by atoms with Gasteiger partial charge in [-0.2, -0.15) is 0 Å². The molecule has 0 aliphatic heterocycles. The number of methoxy groups -OCH3 is 1. The van der Waals surface area contributed by atoms with Crippen molar-refractivity contribution in [3.05, 3.63) is 33.6 Å². The Bertz CT molecular complexity index is 411. The largest absolute Gasteiger partial charge is 0.490 e. The fourth-order valence-electron chi connectivity index (χ4n) is 1.33. The van der Waals surface area contributed by atoms with Crippen LogP contribution < -0.4 is 10.5 Å². The minimum Gasteiger partial charge on any atom is -0.490 e. The van der Waals surface area contributed by atoms with Gasteiger partial charge in [-0.05, 0) is 6.07 Å². The highest BCUT2D eigenvalue weighted by Gasteiger charge is 2.23. The topological polar surface area (TPSA) is 98.6 Å². The summed E-state index contributed by atoms with van der Waals surface area (Å²) in [6.45, 7) is -0.461. The highest BCUT2D eigenvalue weighted by Crippen LogP contribution is 2.34. The number of hydrogen-bond donors (Lipinski definition) is 2. The number of nitro groups is 1. The minimum absolute atomic E-state index is 0.0664. The molecule has 88 valence electrons. The Hall–Kier alpha value is -1.73. The lowest BCUT2D eigenvalue weighted by atomic mass is 10.1. The van der Waals surface area contributed by atoms with E-state index in [2.05, 4.69) is 0 Å². The van der Waals surface area contributed by atoms with Crippen molar-refractivity contribution in [1.29, 1.82) is 0 Å². The second-order valence-corrected chi connectivity index (χ2v) is 3.09.